The minimum atomic E-state index is -2.52. The van der Waals surface area contributed by atoms with Crippen LogP contribution in [0.25, 0.3) is 0 Å². The Labute approximate surface area is 88.5 Å². The standard InChI is InChI=1S/C6H3BrFNO4S/c7-3-1-6(14(12)13)5(9(10)11)2-4(3)8/h1-2H,(H,12,13). The van der Waals surface area contributed by atoms with Gasteiger partial charge in [-0.3, -0.25) is 10.1 Å². The Morgan fingerprint density at radius 2 is 2.14 bits per heavy atom. The Balaban J connectivity index is 3.46. The molecule has 0 spiro atoms. The summed E-state index contributed by atoms with van der Waals surface area (Å²) in [6, 6.07) is 1.50. The van der Waals surface area contributed by atoms with E-state index in [9.17, 15) is 18.7 Å². The molecule has 0 fully saturated rings. The average molecular weight is 284 g/mol. The van der Waals surface area contributed by atoms with E-state index in [1.807, 2.05) is 0 Å². The van der Waals surface area contributed by atoms with Gasteiger partial charge in [0.05, 0.1) is 15.5 Å². The molecule has 1 atom stereocenters. The van der Waals surface area contributed by atoms with Gasteiger partial charge >= 0.3 is 0 Å². The van der Waals surface area contributed by atoms with Crippen LogP contribution in [0.2, 0.25) is 0 Å². The van der Waals surface area contributed by atoms with Gasteiger partial charge in [-0.1, -0.05) is 0 Å². The van der Waals surface area contributed by atoms with Gasteiger partial charge in [0.15, 0.2) is 11.1 Å². The first-order valence-corrected chi connectivity index (χ1v) is 5.07. The molecule has 0 heterocycles. The lowest BCUT2D eigenvalue weighted by Gasteiger charge is -1.99. The van der Waals surface area contributed by atoms with Gasteiger partial charge in [0.25, 0.3) is 5.69 Å². The predicted octanol–water partition coefficient (Wildman–Crippen LogP) is 2.08. The van der Waals surface area contributed by atoms with Crippen LogP contribution in [0.15, 0.2) is 21.5 Å². The lowest BCUT2D eigenvalue weighted by atomic mass is 10.3. The largest absolute Gasteiger partial charge is 0.302 e. The third-order valence-corrected chi connectivity index (χ3v) is 2.70. The van der Waals surface area contributed by atoms with Gasteiger partial charge in [0, 0.05) is 0 Å². The molecule has 0 aliphatic carbocycles. The molecule has 14 heavy (non-hydrogen) atoms. The van der Waals surface area contributed by atoms with Crippen molar-refractivity contribution in [3.63, 3.8) is 0 Å². The molecule has 76 valence electrons. The van der Waals surface area contributed by atoms with Crippen LogP contribution in [-0.4, -0.2) is 13.7 Å². The maximum absolute atomic E-state index is 12.9. The van der Waals surface area contributed by atoms with Crippen LogP contribution in [0.4, 0.5) is 10.1 Å². The van der Waals surface area contributed by atoms with E-state index in [0.29, 0.717) is 6.07 Å². The fourth-order valence-electron chi connectivity index (χ4n) is 0.801. The molecular formula is C6H3BrFNO4S. The van der Waals surface area contributed by atoms with Crippen molar-refractivity contribution >= 4 is 32.7 Å². The lowest BCUT2D eigenvalue weighted by Crippen LogP contribution is -1.98. The molecule has 1 N–H and O–H groups in total. The summed E-state index contributed by atoms with van der Waals surface area (Å²) < 4.78 is 32.1. The zero-order valence-corrected chi connectivity index (χ0v) is 8.84. The molecule has 0 aliphatic heterocycles. The zero-order chi connectivity index (χ0) is 10.9. The first-order chi connectivity index (χ1) is 6.43. The minimum absolute atomic E-state index is 0.0968. The Kier molecular flexibility index (Phi) is 3.29. The molecule has 5 nitrogen and oxygen atoms in total. The topological polar surface area (TPSA) is 80.4 Å². The summed E-state index contributed by atoms with van der Waals surface area (Å²) >= 11 is 0.237. The molecule has 8 heteroatoms. The molecule has 1 unspecified atom stereocenters. The molecule has 0 aliphatic rings. The molecule has 1 rings (SSSR count). The minimum Gasteiger partial charge on any atom is -0.302 e. The van der Waals surface area contributed by atoms with E-state index >= 15 is 0 Å². The van der Waals surface area contributed by atoms with E-state index in [-0.39, 0.29) is 4.47 Å². The molecule has 0 amide bonds. The van der Waals surface area contributed by atoms with Gasteiger partial charge in [0.1, 0.15) is 10.7 Å². The predicted molar refractivity (Wildman–Crippen MR) is 49.8 cm³/mol. The molecule has 0 bridgehead atoms. The highest BCUT2D eigenvalue weighted by Gasteiger charge is 2.21. The van der Waals surface area contributed by atoms with Crippen LogP contribution in [0.5, 0.6) is 0 Å². The number of halogens is 2. The fraction of sp³-hybridized carbons (Fsp3) is 0. The van der Waals surface area contributed by atoms with Gasteiger partial charge < -0.3 is 4.55 Å². The highest BCUT2D eigenvalue weighted by Crippen LogP contribution is 2.28. The second-order valence-electron chi connectivity index (χ2n) is 2.24. The van der Waals surface area contributed by atoms with Crippen LogP contribution in [0.3, 0.4) is 0 Å². The van der Waals surface area contributed by atoms with Crippen LogP contribution >= 0.6 is 15.9 Å². The lowest BCUT2D eigenvalue weighted by molar-refractivity contribution is -0.388. The second kappa shape index (κ2) is 4.11. The quantitative estimate of drug-likeness (QED) is 0.512. The first kappa shape index (κ1) is 11.2. The average Bonchev–Trinajstić information content (AvgIpc) is 2.08. The molecule has 0 saturated heterocycles. The van der Waals surface area contributed by atoms with Gasteiger partial charge in [0.2, 0.25) is 0 Å². The number of hydrogen-bond acceptors (Lipinski definition) is 3. The molecule has 0 radical (unpaired) electrons. The number of hydrogen-bond donors (Lipinski definition) is 1. The fourth-order valence-corrected chi connectivity index (χ4v) is 1.83. The maximum Gasteiger partial charge on any atom is 0.290 e. The third-order valence-electron chi connectivity index (χ3n) is 1.39. The van der Waals surface area contributed by atoms with E-state index in [2.05, 4.69) is 15.9 Å². The van der Waals surface area contributed by atoms with Gasteiger partial charge in [-0.15, -0.1) is 0 Å². The van der Waals surface area contributed by atoms with Crippen molar-refractivity contribution < 1.29 is 18.1 Å². The summed E-state index contributed by atoms with van der Waals surface area (Å²) in [6.07, 6.45) is 0. The zero-order valence-electron chi connectivity index (χ0n) is 6.44. The van der Waals surface area contributed by atoms with Crippen molar-refractivity contribution in [2.24, 2.45) is 0 Å². The SMILES string of the molecule is O=[N+]([O-])c1cc(F)c(Br)cc1S(=O)O. The van der Waals surface area contributed by atoms with Crippen molar-refractivity contribution in [3.8, 4) is 0 Å². The normalized spacial score (nSPS) is 12.5. The van der Waals surface area contributed by atoms with Crippen molar-refractivity contribution in [1.82, 2.24) is 0 Å². The summed E-state index contributed by atoms with van der Waals surface area (Å²) in [5, 5.41) is 10.4. The molecule has 0 saturated carbocycles. The smallest absolute Gasteiger partial charge is 0.290 e. The van der Waals surface area contributed by atoms with Crippen LogP contribution < -0.4 is 0 Å². The Morgan fingerprint density at radius 1 is 1.57 bits per heavy atom. The van der Waals surface area contributed by atoms with Crippen LogP contribution in [0, 0.1) is 15.9 Å². The maximum atomic E-state index is 12.9. The van der Waals surface area contributed by atoms with E-state index in [1.54, 1.807) is 0 Å². The second-order valence-corrected chi connectivity index (χ2v) is 4.03. The Hall–Kier alpha value is -0.860. The van der Waals surface area contributed by atoms with E-state index in [1.165, 1.54) is 0 Å². The number of nitrogens with zero attached hydrogens (tertiary/aromatic N) is 1. The Morgan fingerprint density at radius 3 is 2.57 bits per heavy atom. The van der Waals surface area contributed by atoms with Crippen molar-refractivity contribution in [1.29, 1.82) is 0 Å². The summed E-state index contributed by atoms with van der Waals surface area (Å²) in [6.45, 7) is 0. The molecule has 1 aromatic carbocycles. The van der Waals surface area contributed by atoms with Crippen molar-refractivity contribution in [2.75, 3.05) is 0 Å². The number of nitro benzene ring substituents is 1. The molecular weight excluding hydrogens is 281 g/mol. The number of benzene rings is 1. The number of rotatable bonds is 2. The van der Waals surface area contributed by atoms with Gasteiger partial charge in [-0.25, -0.2) is 8.60 Å². The van der Waals surface area contributed by atoms with E-state index in [4.69, 9.17) is 4.55 Å². The van der Waals surface area contributed by atoms with Crippen LogP contribution in [-0.2, 0) is 11.1 Å². The molecule has 1 aromatic rings. The van der Waals surface area contributed by atoms with Gasteiger partial charge in [-0.05, 0) is 22.0 Å². The van der Waals surface area contributed by atoms with Crippen molar-refractivity contribution in [3.05, 3.63) is 32.5 Å². The summed E-state index contributed by atoms with van der Waals surface area (Å²) in [5.74, 6) is -0.856. The summed E-state index contributed by atoms with van der Waals surface area (Å²) in [5.41, 5.74) is -0.716. The third kappa shape index (κ3) is 2.14. The van der Waals surface area contributed by atoms with Crippen molar-refractivity contribution in [2.45, 2.75) is 4.90 Å². The van der Waals surface area contributed by atoms with E-state index in [0.717, 1.165) is 6.07 Å². The monoisotopic (exact) mass is 283 g/mol. The highest BCUT2D eigenvalue weighted by molar-refractivity contribution is 9.10. The number of nitro groups is 1. The highest BCUT2D eigenvalue weighted by atomic mass is 79.9. The summed E-state index contributed by atoms with van der Waals surface area (Å²) in [4.78, 5) is 9.01. The summed E-state index contributed by atoms with van der Waals surface area (Å²) in [7, 11) is 0. The van der Waals surface area contributed by atoms with E-state index < -0.39 is 32.4 Å². The Bertz CT molecular complexity index is 386. The van der Waals surface area contributed by atoms with Crippen LogP contribution in [0.1, 0.15) is 0 Å². The first-order valence-electron chi connectivity index (χ1n) is 3.17. The molecule has 0 aromatic heterocycles. The van der Waals surface area contributed by atoms with Gasteiger partial charge in [-0.2, -0.15) is 0 Å².